The molecule has 1 N–H and O–H groups in total. The molecule has 0 aromatic carbocycles. The van der Waals surface area contributed by atoms with E-state index >= 15 is 0 Å². The molecule has 0 fully saturated rings. The minimum atomic E-state index is -0.00190. The van der Waals surface area contributed by atoms with Crippen molar-refractivity contribution in [2.24, 2.45) is 5.92 Å². The number of carbonyl (C=O) groups excluding carboxylic acids is 1. The van der Waals surface area contributed by atoms with Gasteiger partial charge in [0.05, 0.1) is 6.54 Å². The summed E-state index contributed by atoms with van der Waals surface area (Å²) in [5.74, 6) is 2.81. The van der Waals surface area contributed by atoms with Gasteiger partial charge in [-0.05, 0) is 26.0 Å². The van der Waals surface area contributed by atoms with Crippen molar-refractivity contribution in [2.45, 2.75) is 33.5 Å². The molecule has 4 rings (SSSR count). The first kappa shape index (κ1) is 15.6. The molecule has 0 saturated carbocycles. The molecule has 25 heavy (non-hydrogen) atoms. The molecule has 3 aromatic heterocycles. The summed E-state index contributed by atoms with van der Waals surface area (Å²) in [4.78, 5) is 26.5. The highest BCUT2D eigenvalue weighted by Gasteiger charge is 2.27. The van der Waals surface area contributed by atoms with Gasteiger partial charge in [-0.1, -0.05) is 0 Å². The Bertz CT molecular complexity index is 877. The van der Waals surface area contributed by atoms with Crippen LogP contribution in [0.1, 0.15) is 28.0 Å². The third-order valence-electron chi connectivity index (χ3n) is 4.58. The lowest BCUT2D eigenvalue weighted by atomic mass is 10.1. The first-order valence-corrected chi connectivity index (χ1v) is 8.41. The molecule has 4 heterocycles. The zero-order valence-electron chi connectivity index (χ0n) is 14.4. The van der Waals surface area contributed by atoms with E-state index in [4.69, 9.17) is 0 Å². The van der Waals surface area contributed by atoms with E-state index < -0.39 is 0 Å². The van der Waals surface area contributed by atoms with Crippen molar-refractivity contribution in [3.05, 3.63) is 53.9 Å². The molecule has 8 heteroatoms. The van der Waals surface area contributed by atoms with Crippen molar-refractivity contribution < 1.29 is 4.79 Å². The van der Waals surface area contributed by atoms with Crippen LogP contribution in [0.15, 0.2) is 30.7 Å². The number of amides is 1. The normalized spacial score (nSPS) is 17.4. The van der Waals surface area contributed by atoms with Crippen LogP contribution in [0.25, 0.3) is 0 Å². The fraction of sp³-hybridized carbons (Fsp3) is 0.412. The summed E-state index contributed by atoms with van der Waals surface area (Å²) in [6.45, 7) is 6.55. The Morgan fingerprint density at radius 3 is 2.96 bits per heavy atom. The number of rotatable bonds is 3. The zero-order chi connectivity index (χ0) is 17.4. The zero-order valence-corrected chi connectivity index (χ0v) is 14.4. The summed E-state index contributed by atoms with van der Waals surface area (Å²) in [5.41, 5.74) is 0.603. The predicted octanol–water partition coefficient (Wildman–Crippen LogP) is 1.39. The Labute approximate surface area is 145 Å². The number of hydrogen-bond acceptors (Lipinski definition) is 4. The van der Waals surface area contributed by atoms with Crippen LogP contribution >= 0.6 is 0 Å². The summed E-state index contributed by atoms with van der Waals surface area (Å²) < 4.78 is 4.06. The number of aromatic amines is 1. The SMILES string of the molecule is Cc1nc(C)n(CC2CN(C(=O)c3ccc[nH]3)Cc3nccn3C2)n1. The van der Waals surface area contributed by atoms with Gasteiger partial charge in [0.2, 0.25) is 0 Å². The highest BCUT2D eigenvalue weighted by Crippen LogP contribution is 2.19. The fourth-order valence-electron chi connectivity index (χ4n) is 3.42. The number of imidazole rings is 1. The van der Waals surface area contributed by atoms with Crippen molar-refractivity contribution in [1.82, 2.24) is 34.2 Å². The smallest absolute Gasteiger partial charge is 0.270 e. The van der Waals surface area contributed by atoms with Gasteiger partial charge in [-0.2, -0.15) is 5.10 Å². The average Bonchev–Trinajstić information content (AvgIpc) is 3.28. The highest BCUT2D eigenvalue weighted by molar-refractivity contribution is 5.92. The van der Waals surface area contributed by atoms with Gasteiger partial charge in [-0.15, -0.1) is 0 Å². The van der Waals surface area contributed by atoms with E-state index in [2.05, 4.69) is 24.6 Å². The lowest BCUT2D eigenvalue weighted by Crippen LogP contribution is -2.35. The van der Waals surface area contributed by atoms with Gasteiger partial charge in [-0.25, -0.2) is 14.6 Å². The molecule has 130 valence electrons. The standard InChI is InChI=1S/C17H21N7O/c1-12-20-13(2)24(21-12)10-14-8-22-7-6-19-16(22)11-23(9-14)17(25)15-4-3-5-18-15/h3-7,14,18H,8-11H2,1-2H3. The molecule has 8 nitrogen and oxygen atoms in total. The molecule has 0 bridgehead atoms. The Morgan fingerprint density at radius 2 is 2.24 bits per heavy atom. The van der Waals surface area contributed by atoms with Crippen LogP contribution in [-0.4, -0.2) is 46.7 Å². The highest BCUT2D eigenvalue weighted by atomic mass is 16.2. The second kappa shape index (κ2) is 6.19. The monoisotopic (exact) mass is 339 g/mol. The number of fused-ring (bicyclic) bond motifs is 1. The molecule has 0 aliphatic carbocycles. The quantitative estimate of drug-likeness (QED) is 0.781. The maximum Gasteiger partial charge on any atom is 0.270 e. The molecule has 1 atom stereocenters. The second-order valence-electron chi connectivity index (χ2n) is 6.52. The molecule has 0 spiro atoms. The third-order valence-corrected chi connectivity index (χ3v) is 4.58. The Balaban J connectivity index is 1.61. The molecule has 0 saturated heterocycles. The fourth-order valence-corrected chi connectivity index (χ4v) is 3.42. The van der Waals surface area contributed by atoms with Gasteiger partial charge in [0, 0.05) is 44.1 Å². The van der Waals surface area contributed by atoms with Gasteiger partial charge in [0.1, 0.15) is 23.2 Å². The van der Waals surface area contributed by atoms with E-state index in [1.807, 2.05) is 35.7 Å². The molecule has 3 aromatic rings. The number of hydrogen-bond donors (Lipinski definition) is 1. The number of carbonyl (C=O) groups is 1. The second-order valence-corrected chi connectivity index (χ2v) is 6.52. The molecule has 1 aliphatic rings. The van der Waals surface area contributed by atoms with Crippen molar-refractivity contribution in [1.29, 1.82) is 0 Å². The van der Waals surface area contributed by atoms with Gasteiger partial charge in [-0.3, -0.25) is 4.79 Å². The van der Waals surface area contributed by atoms with Crippen LogP contribution in [-0.2, 0) is 19.6 Å². The van der Waals surface area contributed by atoms with Crippen LogP contribution in [0.4, 0.5) is 0 Å². The lowest BCUT2D eigenvalue weighted by Gasteiger charge is -2.23. The van der Waals surface area contributed by atoms with Crippen LogP contribution < -0.4 is 0 Å². The maximum atomic E-state index is 12.8. The minimum absolute atomic E-state index is 0.00190. The first-order chi connectivity index (χ1) is 12.1. The summed E-state index contributed by atoms with van der Waals surface area (Å²) >= 11 is 0. The van der Waals surface area contributed by atoms with E-state index in [1.165, 1.54) is 0 Å². The van der Waals surface area contributed by atoms with Crippen LogP contribution in [0.5, 0.6) is 0 Å². The molecule has 1 aliphatic heterocycles. The van der Waals surface area contributed by atoms with E-state index in [-0.39, 0.29) is 11.8 Å². The third kappa shape index (κ3) is 3.07. The summed E-state index contributed by atoms with van der Waals surface area (Å²) in [6.07, 6.45) is 5.54. The van der Waals surface area contributed by atoms with Crippen molar-refractivity contribution in [2.75, 3.05) is 6.54 Å². The van der Waals surface area contributed by atoms with Crippen LogP contribution in [0.2, 0.25) is 0 Å². The van der Waals surface area contributed by atoms with Gasteiger partial charge < -0.3 is 14.5 Å². The number of nitrogens with one attached hydrogen (secondary N) is 1. The Morgan fingerprint density at radius 1 is 1.36 bits per heavy atom. The van der Waals surface area contributed by atoms with Gasteiger partial charge >= 0.3 is 0 Å². The van der Waals surface area contributed by atoms with E-state index in [0.717, 1.165) is 30.6 Å². The van der Waals surface area contributed by atoms with Gasteiger partial charge in [0.25, 0.3) is 5.91 Å². The van der Waals surface area contributed by atoms with E-state index in [0.29, 0.717) is 18.8 Å². The molecular formula is C17H21N7O. The molecular weight excluding hydrogens is 318 g/mol. The van der Waals surface area contributed by atoms with Crippen molar-refractivity contribution in [3.8, 4) is 0 Å². The van der Waals surface area contributed by atoms with E-state index in [9.17, 15) is 4.79 Å². The lowest BCUT2D eigenvalue weighted by molar-refractivity contribution is 0.0707. The van der Waals surface area contributed by atoms with Crippen molar-refractivity contribution in [3.63, 3.8) is 0 Å². The van der Waals surface area contributed by atoms with Crippen molar-refractivity contribution >= 4 is 5.91 Å². The number of aromatic nitrogens is 6. The molecule has 1 unspecified atom stereocenters. The molecule has 0 radical (unpaired) electrons. The number of H-pyrrole nitrogens is 1. The summed E-state index contributed by atoms with van der Waals surface area (Å²) in [5, 5.41) is 4.47. The van der Waals surface area contributed by atoms with Crippen LogP contribution in [0, 0.1) is 19.8 Å². The number of nitrogens with zero attached hydrogens (tertiary/aromatic N) is 6. The summed E-state index contributed by atoms with van der Waals surface area (Å²) in [6, 6.07) is 3.64. The summed E-state index contributed by atoms with van der Waals surface area (Å²) in [7, 11) is 0. The van der Waals surface area contributed by atoms with E-state index in [1.54, 1.807) is 18.5 Å². The molecule has 1 amide bonds. The Kier molecular flexibility index (Phi) is 3.87. The Hall–Kier alpha value is -2.90. The predicted molar refractivity (Wildman–Crippen MR) is 90.7 cm³/mol. The van der Waals surface area contributed by atoms with Crippen LogP contribution in [0.3, 0.4) is 0 Å². The number of aryl methyl sites for hydroxylation is 2. The minimum Gasteiger partial charge on any atom is -0.357 e. The average molecular weight is 339 g/mol. The van der Waals surface area contributed by atoms with Gasteiger partial charge in [0.15, 0.2) is 0 Å². The first-order valence-electron chi connectivity index (χ1n) is 8.41. The topological polar surface area (TPSA) is 84.6 Å². The maximum absolute atomic E-state index is 12.8. The largest absolute Gasteiger partial charge is 0.357 e.